The van der Waals surface area contributed by atoms with E-state index in [9.17, 15) is 29.4 Å². The molecule has 256 valence electrons. The summed E-state index contributed by atoms with van der Waals surface area (Å²) in [6.07, 6.45) is -1.99. The molecule has 0 saturated carbocycles. The fourth-order valence-corrected chi connectivity index (χ4v) is 5.38. The van der Waals surface area contributed by atoms with Gasteiger partial charge in [-0.1, -0.05) is 81.8 Å². The van der Waals surface area contributed by atoms with Gasteiger partial charge >= 0.3 is 11.9 Å². The number of esters is 2. The first-order valence-electron chi connectivity index (χ1n) is 15.7. The maximum absolute atomic E-state index is 13.4. The molecule has 0 radical (unpaired) electrons. The molecule has 0 fully saturated rings. The van der Waals surface area contributed by atoms with Crippen LogP contribution in [0, 0.1) is 17.8 Å². The van der Waals surface area contributed by atoms with Crippen molar-refractivity contribution in [3.63, 3.8) is 0 Å². The highest BCUT2D eigenvalue weighted by molar-refractivity contribution is 6.32. The number of nitrogens with one attached hydrogen (secondary N) is 2. The van der Waals surface area contributed by atoms with E-state index in [0.717, 1.165) is 0 Å². The Morgan fingerprint density at radius 2 is 1.70 bits per heavy atom. The van der Waals surface area contributed by atoms with Gasteiger partial charge in [0.05, 0.1) is 24.2 Å². The molecule has 0 bridgehead atoms. The topological polar surface area (TPSA) is 160 Å². The maximum Gasteiger partial charge on any atom is 0.347 e. The van der Waals surface area contributed by atoms with Crippen molar-refractivity contribution in [3.05, 3.63) is 76.8 Å². The van der Waals surface area contributed by atoms with Crippen molar-refractivity contribution in [1.29, 1.82) is 0 Å². The number of hydrogen-bond acceptors (Lipinski definition) is 9. The van der Waals surface area contributed by atoms with Crippen LogP contribution in [0.15, 0.2) is 60.7 Å². The Kier molecular flexibility index (Phi) is 14.2. The van der Waals surface area contributed by atoms with Crippen LogP contribution >= 0.6 is 11.6 Å². The molecule has 12 heteroatoms. The number of carbonyl (C=O) groups is 4. The summed E-state index contributed by atoms with van der Waals surface area (Å²) in [5.74, 6) is -3.89. The molecular weight excluding hydrogens is 628 g/mol. The van der Waals surface area contributed by atoms with Gasteiger partial charge in [-0.25, -0.2) is 4.79 Å². The second-order valence-corrected chi connectivity index (χ2v) is 12.7. The van der Waals surface area contributed by atoms with Crippen molar-refractivity contribution in [2.45, 2.75) is 77.4 Å². The van der Waals surface area contributed by atoms with Crippen LogP contribution in [0.3, 0.4) is 0 Å². The fourth-order valence-electron chi connectivity index (χ4n) is 5.10. The molecule has 2 aromatic rings. The van der Waals surface area contributed by atoms with E-state index in [4.69, 9.17) is 25.8 Å². The number of hydrogen-bond donors (Lipinski definition) is 4. The van der Waals surface area contributed by atoms with Crippen molar-refractivity contribution in [2.75, 3.05) is 13.7 Å². The molecule has 2 aromatic carbocycles. The van der Waals surface area contributed by atoms with Crippen LogP contribution < -0.4 is 15.4 Å². The number of amides is 2. The van der Waals surface area contributed by atoms with Crippen molar-refractivity contribution < 1.29 is 43.6 Å². The van der Waals surface area contributed by atoms with Gasteiger partial charge in [0.1, 0.15) is 24.0 Å². The lowest BCUT2D eigenvalue weighted by Gasteiger charge is -2.31. The van der Waals surface area contributed by atoms with Crippen LogP contribution in [0.4, 0.5) is 0 Å². The van der Waals surface area contributed by atoms with Crippen LogP contribution in [-0.4, -0.2) is 72.0 Å². The number of ether oxygens (including phenoxy) is 3. The summed E-state index contributed by atoms with van der Waals surface area (Å²) in [6, 6.07) is 12.6. The molecule has 1 aliphatic heterocycles. The summed E-state index contributed by atoms with van der Waals surface area (Å²) in [7, 11) is 1.48. The fraction of sp³-hybridized carbons (Fsp3) is 0.486. The Labute approximate surface area is 280 Å². The van der Waals surface area contributed by atoms with Gasteiger partial charge in [-0.15, -0.1) is 0 Å². The zero-order valence-corrected chi connectivity index (χ0v) is 28.1. The minimum atomic E-state index is -1.35. The Bertz CT molecular complexity index is 1400. The predicted octanol–water partition coefficient (Wildman–Crippen LogP) is 3.69. The van der Waals surface area contributed by atoms with Gasteiger partial charge in [0, 0.05) is 25.3 Å². The summed E-state index contributed by atoms with van der Waals surface area (Å²) >= 11 is 6.28. The molecule has 0 aromatic heterocycles. The third kappa shape index (κ3) is 11.1. The number of aliphatic hydroxyl groups excluding tert-OH is 2. The molecule has 11 nitrogen and oxygen atoms in total. The Morgan fingerprint density at radius 1 is 1.00 bits per heavy atom. The quantitative estimate of drug-likeness (QED) is 0.291. The van der Waals surface area contributed by atoms with Crippen molar-refractivity contribution in [1.82, 2.24) is 10.6 Å². The number of halogens is 1. The number of aliphatic hydroxyl groups is 2. The van der Waals surface area contributed by atoms with E-state index in [1.807, 2.05) is 13.8 Å². The largest absolute Gasteiger partial charge is 0.495 e. The monoisotopic (exact) mass is 672 g/mol. The molecule has 0 aliphatic carbocycles. The average molecular weight is 673 g/mol. The van der Waals surface area contributed by atoms with Gasteiger partial charge in [-0.05, 0) is 41.7 Å². The third-order valence-electron chi connectivity index (χ3n) is 7.98. The lowest BCUT2D eigenvalue weighted by molar-refractivity contribution is -0.178. The molecule has 1 heterocycles. The highest BCUT2D eigenvalue weighted by Gasteiger charge is 2.36. The van der Waals surface area contributed by atoms with Crippen LogP contribution in [0.25, 0.3) is 0 Å². The lowest BCUT2D eigenvalue weighted by atomic mass is 9.89. The summed E-state index contributed by atoms with van der Waals surface area (Å²) in [5.41, 5.74) is 1.13. The number of rotatable bonds is 9. The normalized spacial score (nSPS) is 23.6. The van der Waals surface area contributed by atoms with Gasteiger partial charge in [-0.3, -0.25) is 14.4 Å². The molecule has 2 amide bonds. The second kappa shape index (κ2) is 17.8. The van der Waals surface area contributed by atoms with E-state index in [2.05, 4.69) is 10.6 Å². The highest BCUT2D eigenvalue weighted by Crippen LogP contribution is 2.28. The first-order valence-corrected chi connectivity index (χ1v) is 16.1. The summed E-state index contributed by atoms with van der Waals surface area (Å²) < 4.78 is 16.6. The van der Waals surface area contributed by atoms with Gasteiger partial charge in [0.15, 0.2) is 6.10 Å². The molecule has 3 rings (SSSR count). The average Bonchev–Trinajstić information content (AvgIpc) is 3.04. The molecule has 7 atom stereocenters. The number of methoxy groups -OCH3 is 1. The van der Waals surface area contributed by atoms with Gasteiger partial charge in [0.2, 0.25) is 11.8 Å². The van der Waals surface area contributed by atoms with Crippen molar-refractivity contribution in [3.8, 4) is 5.75 Å². The second-order valence-electron chi connectivity index (χ2n) is 12.3. The zero-order chi connectivity index (χ0) is 34.7. The Hall–Kier alpha value is -3.93. The Morgan fingerprint density at radius 3 is 2.34 bits per heavy atom. The molecule has 0 spiro atoms. The van der Waals surface area contributed by atoms with Gasteiger partial charge in [0.25, 0.3) is 0 Å². The van der Waals surface area contributed by atoms with E-state index in [1.165, 1.54) is 19.3 Å². The zero-order valence-electron chi connectivity index (χ0n) is 27.4. The van der Waals surface area contributed by atoms with Crippen LogP contribution in [0.5, 0.6) is 5.75 Å². The van der Waals surface area contributed by atoms with E-state index in [-0.39, 0.29) is 31.7 Å². The molecule has 1 aliphatic rings. The minimum Gasteiger partial charge on any atom is -0.495 e. The van der Waals surface area contributed by atoms with Crippen LogP contribution in [0.1, 0.15) is 57.8 Å². The standard InChI is InChI=1S/C35H45ClN2O9/c1-20(2)16-29-35(44)46-27(22(4)31(40)32(41)24-10-7-6-8-11-24)12-9-13-30(39)38-26(33(42)37-19-21(3)34(43)47-29)18-23-14-15-28(45-5)25(36)17-23/h6-11,13-15,17,20-22,26-27,29,31-32,40-41H,12,16,18-19H2,1-5H3,(H,37,42)(H,38,39). The molecule has 0 saturated heterocycles. The van der Waals surface area contributed by atoms with Crippen LogP contribution in [-0.2, 0) is 35.1 Å². The van der Waals surface area contributed by atoms with Crippen molar-refractivity contribution in [2.24, 2.45) is 17.8 Å². The first kappa shape index (κ1) is 37.5. The smallest absolute Gasteiger partial charge is 0.347 e. The Balaban J connectivity index is 1.92. The first-order chi connectivity index (χ1) is 22.3. The minimum absolute atomic E-state index is 0.0252. The number of carbonyl (C=O) groups excluding carboxylic acids is 4. The van der Waals surface area contributed by atoms with Gasteiger partial charge in [-0.2, -0.15) is 0 Å². The maximum atomic E-state index is 13.4. The van der Waals surface area contributed by atoms with E-state index >= 15 is 0 Å². The number of benzene rings is 2. The molecule has 47 heavy (non-hydrogen) atoms. The van der Waals surface area contributed by atoms with E-state index < -0.39 is 66.0 Å². The predicted molar refractivity (Wildman–Crippen MR) is 175 cm³/mol. The van der Waals surface area contributed by atoms with Crippen LogP contribution in [0.2, 0.25) is 5.02 Å². The summed E-state index contributed by atoms with van der Waals surface area (Å²) in [4.78, 5) is 52.9. The lowest BCUT2D eigenvalue weighted by Crippen LogP contribution is -2.49. The SMILES string of the molecule is COc1ccc(CC2NC(=O)C=CCC(C(C)C(O)C(O)c3ccccc3)OC(=O)C(CC(C)C)OC(=O)C(C)CNC2=O)cc1Cl. The van der Waals surface area contributed by atoms with Gasteiger partial charge < -0.3 is 35.1 Å². The summed E-state index contributed by atoms with van der Waals surface area (Å²) in [5, 5.41) is 27.7. The van der Waals surface area contributed by atoms with E-state index in [0.29, 0.717) is 21.9 Å². The van der Waals surface area contributed by atoms with E-state index in [1.54, 1.807) is 62.4 Å². The highest BCUT2D eigenvalue weighted by atomic mass is 35.5. The molecule has 4 N–H and O–H groups in total. The third-order valence-corrected chi connectivity index (χ3v) is 8.27. The van der Waals surface area contributed by atoms with Crippen molar-refractivity contribution >= 4 is 35.4 Å². The molecule has 7 unspecified atom stereocenters. The summed E-state index contributed by atoms with van der Waals surface area (Å²) in [6.45, 7) is 6.78. The molecular formula is C35H45ClN2O9. The number of cyclic esters (lactones) is 2.